The van der Waals surface area contributed by atoms with Gasteiger partial charge in [-0.05, 0) is 27.3 Å². The number of hydrogen-bond acceptors (Lipinski definition) is 5. The van der Waals surface area contributed by atoms with Gasteiger partial charge < -0.3 is 9.84 Å². The van der Waals surface area contributed by atoms with Crippen LogP contribution in [-0.4, -0.2) is 26.5 Å². The van der Waals surface area contributed by atoms with Crippen LogP contribution in [0.2, 0.25) is 0 Å². The monoisotopic (exact) mass is 249 g/mol. The molecule has 0 atom stereocenters. The maximum Gasteiger partial charge on any atom is 0.248 e. The third kappa shape index (κ3) is 2.59. The zero-order valence-electron chi connectivity index (χ0n) is 11.3. The molecule has 98 valence electrons. The molecule has 0 unspecified atom stereocenters. The molecule has 18 heavy (non-hydrogen) atoms. The van der Waals surface area contributed by atoms with Crippen LogP contribution in [-0.2, 0) is 13.1 Å². The second-order valence-electron chi connectivity index (χ2n) is 4.32. The van der Waals surface area contributed by atoms with E-state index in [9.17, 15) is 0 Å². The molecule has 0 radical (unpaired) electrons. The van der Waals surface area contributed by atoms with Gasteiger partial charge in [-0.2, -0.15) is 10.1 Å². The SMILES string of the molecule is CCNCc1c(C)nn(Cc2nc(C)no2)c1C. The summed E-state index contributed by atoms with van der Waals surface area (Å²) in [5.41, 5.74) is 3.43. The van der Waals surface area contributed by atoms with E-state index >= 15 is 0 Å². The lowest BCUT2D eigenvalue weighted by atomic mass is 10.2. The Labute approximate surface area is 106 Å². The molecule has 2 aromatic heterocycles. The van der Waals surface area contributed by atoms with Gasteiger partial charge in [0.2, 0.25) is 5.89 Å². The minimum absolute atomic E-state index is 0.527. The molecular weight excluding hydrogens is 230 g/mol. The van der Waals surface area contributed by atoms with E-state index in [0.717, 1.165) is 24.5 Å². The van der Waals surface area contributed by atoms with E-state index < -0.39 is 0 Å². The maximum atomic E-state index is 5.12. The van der Waals surface area contributed by atoms with Crippen LogP contribution in [0.3, 0.4) is 0 Å². The molecule has 0 spiro atoms. The lowest BCUT2D eigenvalue weighted by molar-refractivity contribution is 0.361. The first-order valence-electron chi connectivity index (χ1n) is 6.14. The second-order valence-corrected chi connectivity index (χ2v) is 4.32. The molecule has 0 aliphatic rings. The summed E-state index contributed by atoms with van der Waals surface area (Å²) < 4.78 is 7.03. The third-order valence-electron chi connectivity index (χ3n) is 2.94. The van der Waals surface area contributed by atoms with Crippen LogP contribution < -0.4 is 5.32 Å². The zero-order chi connectivity index (χ0) is 13.1. The Bertz CT molecular complexity index is 529. The van der Waals surface area contributed by atoms with Gasteiger partial charge in [-0.1, -0.05) is 12.1 Å². The summed E-state index contributed by atoms with van der Waals surface area (Å²) in [7, 11) is 0. The molecule has 0 fully saturated rings. The molecule has 2 heterocycles. The number of nitrogens with one attached hydrogen (secondary N) is 1. The minimum atomic E-state index is 0.527. The number of hydrogen-bond donors (Lipinski definition) is 1. The van der Waals surface area contributed by atoms with Crippen molar-refractivity contribution in [2.45, 2.75) is 40.8 Å². The van der Waals surface area contributed by atoms with Gasteiger partial charge in [0.05, 0.1) is 5.69 Å². The highest BCUT2D eigenvalue weighted by Crippen LogP contribution is 2.14. The van der Waals surface area contributed by atoms with Crippen molar-refractivity contribution in [3.05, 3.63) is 28.7 Å². The Balaban J connectivity index is 2.18. The molecule has 2 aromatic rings. The van der Waals surface area contributed by atoms with Crippen LogP contribution in [0.4, 0.5) is 0 Å². The molecule has 0 saturated carbocycles. The Morgan fingerprint density at radius 2 is 2.06 bits per heavy atom. The topological polar surface area (TPSA) is 68.8 Å². The van der Waals surface area contributed by atoms with Crippen molar-refractivity contribution in [2.24, 2.45) is 0 Å². The van der Waals surface area contributed by atoms with Gasteiger partial charge in [0.25, 0.3) is 0 Å². The molecule has 0 bridgehead atoms. The number of rotatable bonds is 5. The highest BCUT2D eigenvalue weighted by molar-refractivity contribution is 5.24. The molecular formula is C12H19N5O. The lowest BCUT2D eigenvalue weighted by Crippen LogP contribution is -2.13. The van der Waals surface area contributed by atoms with Crippen molar-refractivity contribution in [1.29, 1.82) is 0 Å². The molecule has 6 nitrogen and oxygen atoms in total. The van der Waals surface area contributed by atoms with Crippen molar-refractivity contribution in [3.8, 4) is 0 Å². The van der Waals surface area contributed by atoms with Crippen LogP contribution in [0.25, 0.3) is 0 Å². The van der Waals surface area contributed by atoms with Gasteiger partial charge in [0.1, 0.15) is 6.54 Å². The third-order valence-corrected chi connectivity index (χ3v) is 2.94. The Kier molecular flexibility index (Phi) is 3.76. The largest absolute Gasteiger partial charge is 0.337 e. The summed E-state index contributed by atoms with van der Waals surface area (Å²) in [5, 5.41) is 11.6. The van der Waals surface area contributed by atoms with Crippen LogP contribution in [0.5, 0.6) is 0 Å². The second kappa shape index (κ2) is 5.30. The van der Waals surface area contributed by atoms with Gasteiger partial charge >= 0.3 is 0 Å². The minimum Gasteiger partial charge on any atom is -0.337 e. The fourth-order valence-corrected chi connectivity index (χ4v) is 1.93. The maximum absolute atomic E-state index is 5.12. The predicted molar refractivity (Wildman–Crippen MR) is 67.2 cm³/mol. The summed E-state index contributed by atoms with van der Waals surface area (Å²) in [5.74, 6) is 1.24. The normalized spacial score (nSPS) is 11.1. The quantitative estimate of drug-likeness (QED) is 0.866. The van der Waals surface area contributed by atoms with E-state index in [1.807, 2.05) is 18.5 Å². The molecule has 0 aromatic carbocycles. The Hall–Kier alpha value is -1.69. The standard InChI is InChI=1S/C12H19N5O/c1-5-13-6-11-8(2)15-17(9(11)3)7-12-14-10(4)16-18-12/h13H,5-7H2,1-4H3. The van der Waals surface area contributed by atoms with Crippen molar-refractivity contribution < 1.29 is 4.52 Å². The Morgan fingerprint density at radius 3 is 2.67 bits per heavy atom. The van der Waals surface area contributed by atoms with Crippen molar-refractivity contribution in [2.75, 3.05) is 6.54 Å². The molecule has 2 rings (SSSR count). The first-order chi connectivity index (χ1) is 8.61. The average molecular weight is 249 g/mol. The van der Waals surface area contributed by atoms with Crippen LogP contribution in [0.15, 0.2) is 4.52 Å². The fourth-order valence-electron chi connectivity index (χ4n) is 1.93. The molecule has 1 N–H and O–H groups in total. The highest BCUT2D eigenvalue weighted by atomic mass is 16.5. The van der Waals surface area contributed by atoms with Gasteiger partial charge in [-0.3, -0.25) is 4.68 Å². The fraction of sp³-hybridized carbons (Fsp3) is 0.583. The Morgan fingerprint density at radius 1 is 1.28 bits per heavy atom. The summed E-state index contributed by atoms with van der Waals surface area (Å²) in [6, 6.07) is 0. The summed E-state index contributed by atoms with van der Waals surface area (Å²) in [6.07, 6.45) is 0. The smallest absolute Gasteiger partial charge is 0.248 e. The molecule has 6 heteroatoms. The van der Waals surface area contributed by atoms with Crippen molar-refractivity contribution in [3.63, 3.8) is 0 Å². The molecule has 0 amide bonds. The molecule has 0 saturated heterocycles. The van der Waals surface area contributed by atoms with E-state index in [1.54, 1.807) is 0 Å². The highest BCUT2D eigenvalue weighted by Gasteiger charge is 2.13. The zero-order valence-corrected chi connectivity index (χ0v) is 11.3. The van der Waals surface area contributed by atoms with E-state index in [2.05, 4.69) is 34.4 Å². The number of nitrogens with zero attached hydrogens (tertiary/aromatic N) is 4. The molecule has 0 aliphatic carbocycles. The van der Waals surface area contributed by atoms with E-state index in [0.29, 0.717) is 18.3 Å². The summed E-state index contributed by atoms with van der Waals surface area (Å²) in [4.78, 5) is 4.19. The van der Waals surface area contributed by atoms with E-state index in [1.165, 1.54) is 5.56 Å². The van der Waals surface area contributed by atoms with Gasteiger partial charge in [0.15, 0.2) is 5.82 Å². The first-order valence-corrected chi connectivity index (χ1v) is 6.14. The van der Waals surface area contributed by atoms with Crippen molar-refractivity contribution >= 4 is 0 Å². The first kappa shape index (κ1) is 12.8. The van der Waals surface area contributed by atoms with Gasteiger partial charge in [0, 0.05) is 17.8 Å². The van der Waals surface area contributed by atoms with Crippen LogP contribution in [0, 0.1) is 20.8 Å². The molecule has 0 aliphatic heterocycles. The average Bonchev–Trinajstić information content (AvgIpc) is 2.84. The summed E-state index contributed by atoms with van der Waals surface area (Å²) in [6.45, 7) is 10.3. The van der Waals surface area contributed by atoms with E-state index in [-0.39, 0.29) is 0 Å². The van der Waals surface area contributed by atoms with Crippen molar-refractivity contribution in [1.82, 2.24) is 25.2 Å². The van der Waals surface area contributed by atoms with Gasteiger partial charge in [-0.25, -0.2) is 0 Å². The van der Waals surface area contributed by atoms with Crippen LogP contribution in [0.1, 0.15) is 35.6 Å². The number of aryl methyl sites for hydroxylation is 2. The summed E-state index contributed by atoms with van der Waals surface area (Å²) >= 11 is 0. The van der Waals surface area contributed by atoms with Crippen LogP contribution >= 0.6 is 0 Å². The number of aromatic nitrogens is 4. The predicted octanol–water partition coefficient (Wildman–Crippen LogP) is 1.35. The van der Waals surface area contributed by atoms with E-state index in [4.69, 9.17) is 4.52 Å². The van der Waals surface area contributed by atoms with Gasteiger partial charge in [-0.15, -0.1) is 0 Å². The lowest BCUT2D eigenvalue weighted by Gasteiger charge is -2.03.